The first-order valence-corrected chi connectivity index (χ1v) is 18.6. The van der Waals surface area contributed by atoms with E-state index in [4.69, 9.17) is 0 Å². The van der Waals surface area contributed by atoms with Crippen LogP contribution in [0.4, 0.5) is 11.4 Å². The van der Waals surface area contributed by atoms with Crippen LogP contribution < -0.4 is 4.90 Å². The molecule has 2 aliphatic carbocycles. The van der Waals surface area contributed by atoms with Crippen molar-refractivity contribution in [2.75, 3.05) is 4.90 Å². The van der Waals surface area contributed by atoms with Crippen LogP contribution in [0.15, 0.2) is 133 Å². The van der Waals surface area contributed by atoms with E-state index in [0.29, 0.717) is 17.0 Å². The molecule has 0 radical (unpaired) electrons. The van der Waals surface area contributed by atoms with E-state index in [0.717, 1.165) is 46.5 Å². The number of nitrogens with zero attached hydrogens (tertiary/aromatic N) is 4. The summed E-state index contributed by atoms with van der Waals surface area (Å²) < 4.78 is 2.45. The van der Waals surface area contributed by atoms with E-state index in [-0.39, 0.29) is 11.5 Å². The van der Waals surface area contributed by atoms with E-state index in [1.54, 1.807) is 0 Å². The Morgan fingerprint density at radius 2 is 1.51 bits per heavy atom. The van der Waals surface area contributed by atoms with Crippen molar-refractivity contribution in [1.29, 1.82) is 10.5 Å². The van der Waals surface area contributed by atoms with Gasteiger partial charge in [-0.2, -0.15) is 10.5 Å². The molecule has 0 spiro atoms. The molecule has 5 aromatic carbocycles. The van der Waals surface area contributed by atoms with Crippen molar-refractivity contribution in [3.8, 4) is 29.0 Å². The quantitative estimate of drug-likeness (QED) is 0.186. The number of fused-ring (bicyclic) bond motifs is 7. The molecule has 0 amide bonds. The SMILES string of the molecule is CC1CC2=C(c3c1c1ccccc1n3-c1cc(C#N)ccc1-c1cccc(C#N)c1N1c3ccccc3C/C=C\C=C/C1C)C(C)(C)c1ccccc12. The minimum absolute atomic E-state index is 0.0551. The maximum atomic E-state index is 10.8. The van der Waals surface area contributed by atoms with Gasteiger partial charge < -0.3 is 9.47 Å². The van der Waals surface area contributed by atoms with E-state index >= 15 is 0 Å². The van der Waals surface area contributed by atoms with Crippen LogP contribution in [-0.4, -0.2) is 10.6 Å². The third kappa shape index (κ3) is 4.87. The summed E-state index contributed by atoms with van der Waals surface area (Å²) in [5, 5.41) is 22.4. The molecule has 2 atom stereocenters. The number of nitriles is 2. The summed E-state index contributed by atoms with van der Waals surface area (Å²) >= 11 is 0. The lowest BCUT2D eigenvalue weighted by atomic mass is 9.74. The summed E-state index contributed by atoms with van der Waals surface area (Å²) in [6.45, 7) is 9.28. The van der Waals surface area contributed by atoms with Crippen LogP contribution in [0, 0.1) is 22.7 Å². The lowest BCUT2D eigenvalue weighted by Crippen LogP contribution is -2.29. The van der Waals surface area contributed by atoms with Gasteiger partial charge in [-0.05, 0) is 89.4 Å². The average molecular weight is 685 g/mol. The van der Waals surface area contributed by atoms with Gasteiger partial charge in [0.25, 0.3) is 0 Å². The monoisotopic (exact) mass is 684 g/mol. The Morgan fingerprint density at radius 3 is 2.36 bits per heavy atom. The molecule has 256 valence electrons. The predicted molar refractivity (Wildman–Crippen MR) is 217 cm³/mol. The smallest absolute Gasteiger partial charge is 0.101 e. The molecule has 0 saturated carbocycles. The predicted octanol–water partition coefficient (Wildman–Crippen LogP) is 11.9. The number of para-hydroxylation sites is 3. The van der Waals surface area contributed by atoms with Crippen molar-refractivity contribution in [2.24, 2.45) is 0 Å². The topological polar surface area (TPSA) is 55.8 Å². The lowest BCUT2D eigenvalue weighted by molar-refractivity contribution is 0.687. The molecule has 9 rings (SSSR count). The highest BCUT2D eigenvalue weighted by Crippen LogP contribution is 2.59. The molecule has 1 aromatic heterocycles. The first-order valence-electron chi connectivity index (χ1n) is 18.6. The fourth-order valence-electron chi connectivity index (χ4n) is 9.43. The van der Waals surface area contributed by atoms with E-state index in [1.807, 2.05) is 18.2 Å². The van der Waals surface area contributed by atoms with Gasteiger partial charge in [0, 0.05) is 33.7 Å². The van der Waals surface area contributed by atoms with Crippen molar-refractivity contribution < 1.29 is 0 Å². The Bertz CT molecular complexity index is 2670. The van der Waals surface area contributed by atoms with Gasteiger partial charge in [-0.15, -0.1) is 0 Å². The molecule has 2 heterocycles. The van der Waals surface area contributed by atoms with Crippen molar-refractivity contribution in [1.82, 2.24) is 4.57 Å². The second-order valence-electron chi connectivity index (χ2n) is 15.2. The summed E-state index contributed by atoms with van der Waals surface area (Å²) in [7, 11) is 0. The third-order valence-electron chi connectivity index (χ3n) is 11.7. The van der Waals surface area contributed by atoms with Gasteiger partial charge in [0.1, 0.15) is 6.07 Å². The van der Waals surface area contributed by atoms with Gasteiger partial charge >= 0.3 is 0 Å². The van der Waals surface area contributed by atoms with Gasteiger partial charge in [-0.1, -0.05) is 124 Å². The van der Waals surface area contributed by atoms with E-state index in [2.05, 4.69) is 165 Å². The Morgan fingerprint density at radius 1 is 0.736 bits per heavy atom. The Balaban J connectivity index is 1.39. The highest BCUT2D eigenvalue weighted by molar-refractivity contribution is 6.08. The van der Waals surface area contributed by atoms with Gasteiger partial charge in [-0.25, -0.2) is 0 Å². The van der Waals surface area contributed by atoms with Gasteiger partial charge in [0.05, 0.1) is 39.8 Å². The third-order valence-corrected chi connectivity index (χ3v) is 11.7. The fourth-order valence-corrected chi connectivity index (χ4v) is 9.43. The molecular weight excluding hydrogens is 645 g/mol. The highest BCUT2D eigenvalue weighted by atomic mass is 15.2. The number of anilines is 2. The standard InChI is InChI=1S/C49H40N4/c1-31-27-40-36-19-9-11-22-41(36)49(3,4)46(40)48-45(31)39-20-10-13-24-43(39)53(48)44-28-33(29-50)25-26-37(44)38-21-14-18-35(30-51)47(38)52-32(2)15-6-5-7-16-34-17-8-12-23-42(34)52/h5-15,17-26,28,31-32H,16,27H2,1-4H3/b7-5-,15-6-. The summed E-state index contributed by atoms with van der Waals surface area (Å²) in [5.74, 6) is 0.291. The summed E-state index contributed by atoms with van der Waals surface area (Å²) in [6.07, 6.45) is 10.4. The molecule has 0 saturated heterocycles. The van der Waals surface area contributed by atoms with E-state index < -0.39 is 0 Å². The number of aromatic nitrogens is 1. The van der Waals surface area contributed by atoms with Crippen LogP contribution in [0.1, 0.15) is 79.1 Å². The molecule has 53 heavy (non-hydrogen) atoms. The van der Waals surface area contributed by atoms with Gasteiger partial charge in [0.15, 0.2) is 0 Å². The number of hydrogen-bond acceptors (Lipinski definition) is 3. The molecule has 4 nitrogen and oxygen atoms in total. The molecule has 1 aliphatic heterocycles. The normalized spacial score (nSPS) is 19.5. The number of allylic oxidation sites excluding steroid dienone is 5. The molecule has 0 bridgehead atoms. The molecule has 0 N–H and O–H groups in total. The largest absolute Gasteiger partial charge is 0.333 e. The molecule has 0 fully saturated rings. The van der Waals surface area contributed by atoms with Crippen LogP contribution in [0.3, 0.4) is 0 Å². The number of hydrogen-bond donors (Lipinski definition) is 0. The average Bonchev–Trinajstić information content (AvgIpc) is 3.66. The van der Waals surface area contributed by atoms with Crippen molar-refractivity contribution >= 4 is 33.4 Å². The zero-order valence-corrected chi connectivity index (χ0v) is 30.6. The van der Waals surface area contributed by atoms with E-state index in [1.165, 1.54) is 44.5 Å². The summed E-state index contributed by atoms with van der Waals surface area (Å²) in [5.41, 5.74) is 16.2. The first-order chi connectivity index (χ1) is 25.8. The van der Waals surface area contributed by atoms with Crippen LogP contribution in [0.5, 0.6) is 0 Å². The zero-order valence-electron chi connectivity index (χ0n) is 30.6. The minimum Gasteiger partial charge on any atom is -0.333 e. The van der Waals surface area contributed by atoms with Crippen LogP contribution >= 0.6 is 0 Å². The van der Waals surface area contributed by atoms with Crippen LogP contribution in [0.25, 0.3) is 38.9 Å². The summed E-state index contributed by atoms with van der Waals surface area (Å²) in [4.78, 5) is 2.33. The second-order valence-corrected chi connectivity index (χ2v) is 15.2. The zero-order chi connectivity index (χ0) is 36.4. The molecule has 3 aliphatic rings. The van der Waals surface area contributed by atoms with Crippen LogP contribution in [-0.2, 0) is 11.8 Å². The van der Waals surface area contributed by atoms with Crippen molar-refractivity contribution in [3.05, 3.63) is 173 Å². The van der Waals surface area contributed by atoms with Gasteiger partial charge in [0.2, 0.25) is 0 Å². The molecule has 4 heteroatoms. The fraction of sp³-hybridized carbons (Fsp3) is 0.184. The molecule has 2 unspecified atom stereocenters. The number of benzene rings is 5. The first kappa shape index (κ1) is 32.5. The Kier molecular flexibility index (Phi) is 7.61. The second kappa shape index (κ2) is 12.4. The van der Waals surface area contributed by atoms with Crippen LogP contribution in [0.2, 0.25) is 0 Å². The van der Waals surface area contributed by atoms with Crippen molar-refractivity contribution in [3.63, 3.8) is 0 Å². The Hall–Kier alpha value is -6.36. The molecular formula is C49H40N4. The van der Waals surface area contributed by atoms with E-state index in [9.17, 15) is 10.5 Å². The molecule has 6 aromatic rings. The maximum absolute atomic E-state index is 10.8. The maximum Gasteiger partial charge on any atom is 0.101 e. The van der Waals surface area contributed by atoms with Gasteiger partial charge in [-0.3, -0.25) is 0 Å². The lowest BCUT2D eigenvalue weighted by Gasteiger charge is -2.34. The Labute approximate surface area is 311 Å². The van der Waals surface area contributed by atoms with Crippen molar-refractivity contribution in [2.45, 2.75) is 57.9 Å². The highest BCUT2D eigenvalue weighted by Gasteiger charge is 2.45. The number of rotatable bonds is 3. The minimum atomic E-state index is -0.228. The summed E-state index contributed by atoms with van der Waals surface area (Å²) in [6, 6.07) is 43.3.